The molecule has 0 bridgehead atoms. The third-order valence-corrected chi connectivity index (χ3v) is 7.50. The summed E-state index contributed by atoms with van der Waals surface area (Å²) in [6.45, 7) is 0.241. The summed E-state index contributed by atoms with van der Waals surface area (Å²) in [5, 5.41) is 2.97. The number of methoxy groups -OCH3 is 1. The van der Waals surface area contributed by atoms with Crippen molar-refractivity contribution >= 4 is 15.9 Å². The minimum atomic E-state index is -3.70. The van der Waals surface area contributed by atoms with Gasteiger partial charge in [-0.05, 0) is 31.0 Å². The number of carbonyl (C=O) groups excluding carboxylic acids is 1. The molecule has 0 radical (unpaired) electrons. The first-order valence-electron chi connectivity index (χ1n) is 9.81. The maximum Gasteiger partial charge on any atom is 0.243 e. The molecule has 0 atom stereocenters. The third-order valence-electron chi connectivity index (χ3n) is 5.68. The molecular formula is C22H28N2O4S. The Labute approximate surface area is 172 Å². The fraction of sp³-hybridized carbons (Fsp3) is 0.409. The molecule has 1 N–H and O–H groups in total. The molecule has 0 unspecified atom stereocenters. The zero-order valence-electron chi connectivity index (χ0n) is 16.9. The van der Waals surface area contributed by atoms with Gasteiger partial charge in [0.05, 0.1) is 18.6 Å². The molecule has 1 fully saturated rings. The molecule has 2 aromatic rings. The topological polar surface area (TPSA) is 75.7 Å². The van der Waals surface area contributed by atoms with E-state index in [0.29, 0.717) is 6.54 Å². The van der Waals surface area contributed by atoms with Crippen molar-refractivity contribution in [3.8, 4) is 5.75 Å². The SMILES string of the molecule is COc1ccccc1C1(CNC(=O)CN(C)S(=O)(=O)c2ccccc2)CCCC1. The van der Waals surface area contributed by atoms with E-state index in [1.807, 2.05) is 18.2 Å². The molecule has 3 rings (SSSR count). The van der Waals surface area contributed by atoms with Crippen LogP contribution in [0.25, 0.3) is 0 Å². The molecule has 1 aliphatic carbocycles. The van der Waals surface area contributed by atoms with Crippen LogP contribution in [0.5, 0.6) is 5.75 Å². The number of para-hydroxylation sites is 1. The quantitative estimate of drug-likeness (QED) is 0.718. The van der Waals surface area contributed by atoms with Gasteiger partial charge in [0.1, 0.15) is 5.75 Å². The number of carbonyl (C=O) groups is 1. The zero-order chi connectivity index (χ0) is 20.9. The number of amides is 1. The van der Waals surface area contributed by atoms with Gasteiger partial charge in [-0.3, -0.25) is 4.79 Å². The van der Waals surface area contributed by atoms with E-state index in [-0.39, 0.29) is 22.8 Å². The van der Waals surface area contributed by atoms with Crippen molar-refractivity contribution in [2.45, 2.75) is 36.0 Å². The van der Waals surface area contributed by atoms with Crippen molar-refractivity contribution in [2.75, 3.05) is 27.2 Å². The number of sulfonamides is 1. The average Bonchev–Trinajstić information content (AvgIpc) is 3.23. The van der Waals surface area contributed by atoms with Gasteiger partial charge >= 0.3 is 0 Å². The molecule has 1 amide bonds. The Hall–Kier alpha value is -2.38. The van der Waals surface area contributed by atoms with Gasteiger partial charge in [-0.1, -0.05) is 49.2 Å². The number of benzene rings is 2. The van der Waals surface area contributed by atoms with Crippen LogP contribution >= 0.6 is 0 Å². The van der Waals surface area contributed by atoms with Gasteiger partial charge in [-0.25, -0.2) is 8.42 Å². The summed E-state index contributed by atoms with van der Waals surface area (Å²) in [7, 11) is -0.617. The van der Waals surface area contributed by atoms with Crippen LogP contribution in [0.3, 0.4) is 0 Å². The van der Waals surface area contributed by atoms with Gasteiger partial charge in [0.2, 0.25) is 15.9 Å². The van der Waals surface area contributed by atoms with Crippen molar-refractivity contribution in [2.24, 2.45) is 0 Å². The van der Waals surface area contributed by atoms with Gasteiger partial charge in [0, 0.05) is 24.6 Å². The Kier molecular flexibility index (Phi) is 6.59. The first kappa shape index (κ1) is 21.3. The second-order valence-electron chi connectivity index (χ2n) is 7.54. The first-order valence-corrected chi connectivity index (χ1v) is 11.2. The molecule has 156 valence electrons. The highest BCUT2D eigenvalue weighted by molar-refractivity contribution is 7.89. The number of ether oxygens (including phenoxy) is 1. The normalized spacial score (nSPS) is 16.0. The lowest BCUT2D eigenvalue weighted by Crippen LogP contribution is -2.44. The highest BCUT2D eigenvalue weighted by Crippen LogP contribution is 2.44. The maximum absolute atomic E-state index is 12.6. The maximum atomic E-state index is 12.6. The second kappa shape index (κ2) is 8.97. The summed E-state index contributed by atoms with van der Waals surface area (Å²) in [6, 6.07) is 16.1. The predicted octanol–water partition coefficient (Wildman–Crippen LogP) is 2.94. The molecule has 1 aliphatic rings. The van der Waals surface area contributed by atoms with Crippen LogP contribution in [0.15, 0.2) is 59.5 Å². The summed E-state index contributed by atoms with van der Waals surface area (Å²) >= 11 is 0. The Morgan fingerprint density at radius 2 is 1.69 bits per heavy atom. The van der Waals surface area contributed by atoms with Gasteiger partial charge in [-0.15, -0.1) is 0 Å². The molecule has 0 spiro atoms. The molecule has 0 aromatic heterocycles. The van der Waals surface area contributed by atoms with Crippen LogP contribution in [0.4, 0.5) is 0 Å². The minimum Gasteiger partial charge on any atom is -0.496 e. The van der Waals surface area contributed by atoms with Gasteiger partial charge in [0.25, 0.3) is 0 Å². The summed E-state index contributed by atoms with van der Waals surface area (Å²) in [5.41, 5.74) is 0.921. The predicted molar refractivity (Wildman–Crippen MR) is 112 cm³/mol. The number of nitrogens with one attached hydrogen (secondary N) is 1. The smallest absolute Gasteiger partial charge is 0.243 e. The van der Waals surface area contributed by atoms with E-state index in [4.69, 9.17) is 4.74 Å². The fourth-order valence-electron chi connectivity index (χ4n) is 4.06. The lowest BCUT2D eigenvalue weighted by atomic mass is 9.78. The lowest BCUT2D eigenvalue weighted by Gasteiger charge is -2.31. The van der Waals surface area contributed by atoms with E-state index in [0.717, 1.165) is 41.3 Å². The summed E-state index contributed by atoms with van der Waals surface area (Å²) in [5.74, 6) is 0.514. The summed E-state index contributed by atoms with van der Waals surface area (Å²) in [6.07, 6.45) is 4.12. The van der Waals surface area contributed by atoms with E-state index in [2.05, 4.69) is 11.4 Å². The average molecular weight is 417 g/mol. The van der Waals surface area contributed by atoms with Gasteiger partial charge in [-0.2, -0.15) is 4.31 Å². The molecule has 0 heterocycles. The lowest BCUT2D eigenvalue weighted by molar-refractivity contribution is -0.121. The van der Waals surface area contributed by atoms with Crippen molar-refractivity contribution < 1.29 is 17.9 Å². The molecule has 29 heavy (non-hydrogen) atoms. The second-order valence-corrected chi connectivity index (χ2v) is 9.58. The Bertz CT molecular complexity index is 938. The Morgan fingerprint density at radius 1 is 1.07 bits per heavy atom. The van der Waals surface area contributed by atoms with Crippen LogP contribution < -0.4 is 10.1 Å². The third kappa shape index (κ3) is 4.62. The zero-order valence-corrected chi connectivity index (χ0v) is 17.7. The summed E-state index contributed by atoms with van der Waals surface area (Å²) in [4.78, 5) is 12.7. The highest BCUT2D eigenvalue weighted by atomic mass is 32.2. The Morgan fingerprint density at radius 3 is 2.34 bits per heavy atom. The number of rotatable bonds is 8. The Balaban J connectivity index is 1.69. The van der Waals surface area contributed by atoms with Crippen LogP contribution in [0.2, 0.25) is 0 Å². The van der Waals surface area contributed by atoms with E-state index in [1.165, 1.54) is 19.2 Å². The van der Waals surface area contributed by atoms with Crippen molar-refractivity contribution in [3.63, 3.8) is 0 Å². The minimum absolute atomic E-state index is 0.177. The van der Waals surface area contributed by atoms with Crippen LogP contribution in [-0.2, 0) is 20.2 Å². The van der Waals surface area contributed by atoms with E-state index < -0.39 is 10.0 Å². The molecular weight excluding hydrogens is 388 g/mol. The van der Waals surface area contributed by atoms with Crippen LogP contribution in [0, 0.1) is 0 Å². The van der Waals surface area contributed by atoms with Crippen molar-refractivity contribution in [1.82, 2.24) is 9.62 Å². The van der Waals surface area contributed by atoms with E-state index >= 15 is 0 Å². The number of hydrogen-bond acceptors (Lipinski definition) is 4. The largest absolute Gasteiger partial charge is 0.496 e. The number of likely N-dealkylation sites (N-methyl/N-ethyl adjacent to an activating group) is 1. The molecule has 7 heteroatoms. The monoisotopic (exact) mass is 416 g/mol. The molecule has 6 nitrogen and oxygen atoms in total. The van der Waals surface area contributed by atoms with Crippen LogP contribution in [0.1, 0.15) is 31.2 Å². The molecule has 1 saturated carbocycles. The number of hydrogen-bond donors (Lipinski definition) is 1. The molecule has 2 aromatic carbocycles. The van der Waals surface area contributed by atoms with Gasteiger partial charge in [0.15, 0.2) is 0 Å². The fourth-order valence-corrected chi connectivity index (χ4v) is 5.21. The first-order chi connectivity index (χ1) is 13.9. The highest BCUT2D eigenvalue weighted by Gasteiger charge is 2.38. The van der Waals surface area contributed by atoms with Crippen molar-refractivity contribution in [3.05, 3.63) is 60.2 Å². The number of nitrogens with zero attached hydrogens (tertiary/aromatic N) is 1. The van der Waals surface area contributed by atoms with Crippen LogP contribution in [-0.4, -0.2) is 45.9 Å². The molecule has 0 saturated heterocycles. The van der Waals surface area contributed by atoms with E-state index in [1.54, 1.807) is 25.3 Å². The van der Waals surface area contributed by atoms with E-state index in [9.17, 15) is 13.2 Å². The molecule has 0 aliphatic heterocycles. The standard InChI is InChI=1S/C22H28N2O4S/c1-24(29(26,27)18-10-4-3-5-11-18)16-21(25)23-17-22(14-8-9-15-22)19-12-6-7-13-20(19)28-2/h3-7,10-13H,8-9,14-17H2,1-2H3,(H,23,25). The summed E-state index contributed by atoms with van der Waals surface area (Å²) < 4.78 is 31.9. The van der Waals surface area contributed by atoms with Gasteiger partial charge < -0.3 is 10.1 Å². The van der Waals surface area contributed by atoms with Crippen molar-refractivity contribution in [1.29, 1.82) is 0 Å².